The minimum absolute atomic E-state index is 0.0939. The first-order valence-corrected chi connectivity index (χ1v) is 10.5. The van der Waals surface area contributed by atoms with Gasteiger partial charge in [0.1, 0.15) is 11.4 Å². The second-order valence-corrected chi connectivity index (χ2v) is 7.93. The molecule has 31 heavy (non-hydrogen) atoms. The molecule has 2 N–H and O–H groups in total. The van der Waals surface area contributed by atoms with Gasteiger partial charge >= 0.3 is 6.09 Å². The van der Waals surface area contributed by atoms with E-state index in [1.165, 1.54) is 0 Å². The van der Waals surface area contributed by atoms with E-state index in [-0.39, 0.29) is 12.1 Å². The van der Waals surface area contributed by atoms with E-state index in [2.05, 4.69) is 11.6 Å². The first-order valence-electron chi connectivity index (χ1n) is 10.5. The summed E-state index contributed by atoms with van der Waals surface area (Å²) in [7, 11) is 0. The number of benzene rings is 2. The molecule has 2 heterocycles. The van der Waals surface area contributed by atoms with Crippen LogP contribution in [-0.2, 0) is 10.3 Å². The third kappa shape index (κ3) is 4.17. The summed E-state index contributed by atoms with van der Waals surface area (Å²) in [5, 5.41) is 0. The number of hydrogen-bond acceptors (Lipinski definition) is 4. The lowest BCUT2D eigenvalue weighted by Crippen LogP contribution is -2.48. The lowest BCUT2D eigenvalue weighted by atomic mass is 9.85. The van der Waals surface area contributed by atoms with E-state index in [1.807, 2.05) is 73.7 Å². The van der Waals surface area contributed by atoms with Crippen molar-refractivity contribution in [2.24, 2.45) is 0 Å². The van der Waals surface area contributed by atoms with Crippen molar-refractivity contribution >= 4 is 11.9 Å². The highest BCUT2D eigenvalue weighted by molar-refractivity contribution is 5.70. The maximum atomic E-state index is 13.0. The summed E-state index contributed by atoms with van der Waals surface area (Å²) >= 11 is 0. The number of nitrogens with two attached hydrogens (primary N) is 1. The predicted octanol–water partition coefficient (Wildman–Crippen LogP) is 5.71. The monoisotopic (exact) mass is 413 g/mol. The maximum absolute atomic E-state index is 13.0. The van der Waals surface area contributed by atoms with E-state index in [1.54, 1.807) is 17.2 Å². The molecule has 2 atom stereocenters. The number of aromatic nitrogens is 1. The normalized spacial score (nSPS) is 19.5. The highest BCUT2D eigenvalue weighted by Crippen LogP contribution is 2.39. The van der Waals surface area contributed by atoms with Gasteiger partial charge in [-0.3, -0.25) is 0 Å². The summed E-state index contributed by atoms with van der Waals surface area (Å²) in [4.78, 5) is 19.0. The number of pyridine rings is 1. The molecule has 4 rings (SSSR count). The summed E-state index contributed by atoms with van der Waals surface area (Å²) < 4.78 is 6.06. The Labute approximate surface area is 183 Å². The summed E-state index contributed by atoms with van der Waals surface area (Å²) in [6, 6.07) is 21.8. The molecule has 158 valence electrons. The van der Waals surface area contributed by atoms with Crippen molar-refractivity contribution < 1.29 is 9.53 Å². The number of ether oxygens (including phenoxy) is 1. The molecule has 5 nitrogen and oxygen atoms in total. The van der Waals surface area contributed by atoms with E-state index in [9.17, 15) is 4.79 Å². The van der Waals surface area contributed by atoms with Crippen LogP contribution in [0.2, 0.25) is 0 Å². The smallest absolute Gasteiger partial charge is 0.411 e. The number of nitrogen functional groups attached to an aromatic ring is 1. The van der Waals surface area contributed by atoms with E-state index >= 15 is 0 Å². The molecular weight excluding hydrogens is 386 g/mol. The van der Waals surface area contributed by atoms with E-state index in [0.29, 0.717) is 25.2 Å². The molecular formula is C26H27N3O2. The summed E-state index contributed by atoms with van der Waals surface area (Å²) in [6.07, 6.45) is 4.60. The Morgan fingerprint density at radius 1 is 1.13 bits per heavy atom. The van der Waals surface area contributed by atoms with E-state index in [0.717, 1.165) is 22.3 Å². The Hall–Kier alpha value is -3.60. The highest BCUT2D eigenvalue weighted by atomic mass is 16.6. The van der Waals surface area contributed by atoms with Crippen molar-refractivity contribution in [1.82, 2.24) is 9.88 Å². The van der Waals surface area contributed by atoms with Crippen LogP contribution in [0.25, 0.3) is 11.1 Å². The second kappa shape index (κ2) is 8.64. The minimum Gasteiger partial charge on any atom is -0.437 e. The molecule has 0 spiro atoms. The third-order valence-corrected chi connectivity index (χ3v) is 6.03. The summed E-state index contributed by atoms with van der Waals surface area (Å²) in [5.74, 6) is 0.501. The molecule has 1 aliphatic heterocycles. The van der Waals surface area contributed by atoms with Crippen LogP contribution in [0.4, 0.5) is 10.6 Å². The molecule has 1 fully saturated rings. The van der Waals surface area contributed by atoms with Gasteiger partial charge in [0, 0.05) is 31.1 Å². The predicted molar refractivity (Wildman–Crippen MR) is 123 cm³/mol. The highest BCUT2D eigenvalue weighted by Gasteiger charge is 2.42. The largest absolute Gasteiger partial charge is 0.437 e. The lowest BCUT2D eigenvalue weighted by molar-refractivity contribution is -0.0588. The maximum Gasteiger partial charge on any atom is 0.411 e. The topological polar surface area (TPSA) is 68.5 Å². The first-order chi connectivity index (χ1) is 15.0. The van der Waals surface area contributed by atoms with Gasteiger partial charge in [-0.15, -0.1) is 6.58 Å². The average Bonchev–Trinajstić information content (AvgIpc) is 2.80. The van der Waals surface area contributed by atoms with Gasteiger partial charge in [0.2, 0.25) is 0 Å². The van der Waals surface area contributed by atoms with Crippen LogP contribution < -0.4 is 5.73 Å². The number of carbonyl (C=O) groups excluding carboxylic acids is 1. The lowest BCUT2D eigenvalue weighted by Gasteiger charge is -2.43. The van der Waals surface area contributed by atoms with Gasteiger partial charge in [0.25, 0.3) is 0 Å². The number of anilines is 1. The molecule has 2 aromatic carbocycles. The summed E-state index contributed by atoms with van der Waals surface area (Å²) in [5.41, 5.74) is 9.15. The van der Waals surface area contributed by atoms with Crippen molar-refractivity contribution in [2.75, 3.05) is 12.3 Å². The van der Waals surface area contributed by atoms with Gasteiger partial charge in [-0.2, -0.15) is 0 Å². The number of rotatable bonds is 6. The SMILES string of the molecule is C=CC[C@]1(c2ccccc2)CCN([C@@H](C)c2ccc(-c3ccc(N)nc3)cc2)C(=O)O1. The third-order valence-electron chi connectivity index (χ3n) is 6.03. The Morgan fingerprint density at radius 2 is 1.84 bits per heavy atom. The molecule has 0 saturated carbocycles. The molecule has 1 amide bonds. The van der Waals surface area contributed by atoms with Crippen LogP contribution >= 0.6 is 0 Å². The molecule has 3 aromatic rings. The first kappa shape index (κ1) is 20.7. The van der Waals surface area contributed by atoms with Gasteiger partial charge in [-0.1, -0.05) is 60.7 Å². The van der Waals surface area contributed by atoms with Crippen LogP contribution in [-0.4, -0.2) is 22.5 Å². The second-order valence-electron chi connectivity index (χ2n) is 7.93. The Kier molecular flexibility index (Phi) is 5.76. The van der Waals surface area contributed by atoms with Gasteiger partial charge < -0.3 is 15.4 Å². The van der Waals surface area contributed by atoms with Crippen molar-refractivity contribution in [3.63, 3.8) is 0 Å². The zero-order valence-corrected chi connectivity index (χ0v) is 17.7. The average molecular weight is 414 g/mol. The summed E-state index contributed by atoms with van der Waals surface area (Å²) in [6.45, 7) is 6.52. The number of carbonyl (C=O) groups is 1. The Morgan fingerprint density at radius 3 is 2.45 bits per heavy atom. The fourth-order valence-corrected chi connectivity index (χ4v) is 4.17. The molecule has 0 aliphatic carbocycles. The number of hydrogen-bond donors (Lipinski definition) is 1. The minimum atomic E-state index is -0.650. The van der Waals surface area contributed by atoms with Crippen LogP contribution in [0.5, 0.6) is 0 Å². The number of nitrogens with zero attached hydrogens (tertiary/aromatic N) is 2. The Balaban J connectivity index is 1.51. The number of cyclic esters (lactones) is 1. The molecule has 0 unspecified atom stereocenters. The van der Waals surface area contributed by atoms with Crippen LogP contribution in [0.15, 0.2) is 85.6 Å². The van der Waals surface area contributed by atoms with Crippen molar-refractivity contribution in [3.8, 4) is 11.1 Å². The molecule has 0 radical (unpaired) electrons. The molecule has 0 bridgehead atoms. The Bertz CT molecular complexity index is 1050. The molecule has 1 aromatic heterocycles. The van der Waals surface area contributed by atoms with Crippen LogP contribution in [0.1, 0.15) is 36.9 Å². The van der Waals surface area contributed by atoms with Gasteiger partial charge in [-0.25, -0.2) is 9.78 Å². The van der Waals surface area contributed by atoms with Gasteiger partial charge in [-0.05, 0) is 35.7 Å². The molecule has 5 heteroatoms. The number of amides is 1. The van der Waals surface area contributed by atoms with E-state index in [4.69, 9.17) is 10.5 Å². The van der Waals surface area contributed by atoms with Gasteiger partial charge in [0.05, 0.1) is 6.04 Å². The zero-order chi connectivity index (χ0) is 21.8. The fraction of sp³-hybridized carbons (Fsp3) is 0.231. The van der Waals surface area contributed by atoms with E-state index < -0.39 is 5.60 Å². The molecule has 1 aliphatic rings. The van der Waals surface area contributed by atoms with Crippen LogP contribution in [0.3, 0.4) is 0 Å². The quantitative estimate of drug-likeness (QED) is 0.526. The van der Waals surface area contributed by atoms with Crippen molar-refractivity contribution in [3.05, 3.63) is 96.7 Å². The fourth-order valence-electron chi connectivity index (χ4n) is 4.17. The van der Waals surface area contributed by atoms with Crippen molar-refractivity contribution in [1.29, 1.82) is 0 Å². The van der Waals surface area contributed by atoms with Crippen molar-refractivity contribution in [2.45, 2.75) is 31.4 Å². The molecule has 1 saturated heterocycles. The zero-order valence-electron chi connectivity index (χ0n) is 17.7. The van der Waals surface area contributed by atoms with Gasteiger partial charge in [0.15, 0.2) is 0 Å². The standard InChI is InChI=1S/C26H27N3O2/c1-3-15-26(23-7-5-4-6-8-23)16-17-29(25(30)31-26)19(2)20-9-11-21(12-10-20)22-13-14-24(27)28-18-22/h3-14,18-19H,1,15-17H2,2H3,(H2,27,28)/t19-,26+/m0/s1. The van der Waals surface area contributed by atoms with Crippen LogP contribution in [0, 0.1) is 0 Å².